The third-order valence-electron chi connectivity index (χ3n) is 4.16. The van der Waals surface area contributed by atoms with Gasteiger partial charge in [0.15, 0.2) is 0 Å². The molecule has 0 bridgehead atoms. The van der Waals surface area contributed by atoms with Crippen molar-refractivity contribution in [1.82, 2.24) is 9.97 Å². The minimum Gasteiger partial charge on any atom is -0.497 e. The SMILES string of the molecule is CCOc1ccc(NC(=O)c2cnc(NCCc3cccc(OC)c3)cn2)cc1. The third-order valence-corrected chi connectivity index (χ3v) is 4.16. The average Bonchev–Trinajstić information content (AvgIpc) is 2.76. The average molecular weight is 392 g/mol. The van der Waals surface area contributed by atoms with E-state index in [-0.39, 0.29) is 11.6 Å². The summed E-state index contributed by atoms with van der Waals surface area (Å²) in [5.41, 5.74) is 2.08. The van der Waals surface area contributed by atoms with E-state index in [1.807, 2.05) is 31.2 Å². The number of nitrogens with one attached hydrogen (secondary N) is 2. The normalized spacial score (nSPS) is 10.3. The minimum atomic E-state index is -0.315. The number of anilines is 2. The Kier molecular flexibility index (Phi) is 7.00. The van der Waals surface area contributed by atoms with E-state index in [4.69, 9.17) is 9.47 Å². The Labute approximate surface area is 170 Å². The number of hydrogen-bond acceptors (Lipinski definition) is 6. The van der Waals surface area contributed by atoms with Crippen LogP contribution in [0.4, 0.5) is 11.5 Å². The molecule has 0 aliphatic heterocycles. The van der Waals surface area contributed by atoms with Crippen molar-refractivity contribution in [2.45, 2.75) is 13.3 Å². The number of carbonyl (C=O) groups excluding carboxylic acids is 1. The van der Waals surface area contributed by atoms with Gasteiger partial charge in [-0.1, -0.05) is 12.1 Å². The van der Waals surface area contributed by atoms with Crippen molar-refractivity contribution in [3.05, 3.63) is 72.2 Å². The molecular weight excluding hydrogens is 368 g/mol. The Balaban J connectivity index is 1.50. The summed E-state index contributed by atoms with van der Waals surface area (Å²) in [6, 6.07) is 15.1. The second kappa shape index (κ2) is 10.1. The van der Waals surface area contributed by atoms with Crippen LogP contribution in [0.2, 0.25) is 0 Å². The van der Waals surface area contributed by atoms with Gasteiger partial charge in [-0.2, -0.15) is 0 Å². The van der Waals surface area contributed by atoms with Crippen molar-refractivity contribution in [1.29, 1.82) is 0 Å². The molecular formula is C22H24N4O3. The summed E-state index contributed by atoms with van der Waals surface area (Å²) < 4.78 is 10.6. The van der Waals surface area contributed by atoms with Crippen LogP contribution in [0.15, 0.2) is 60.9 Å². The van der Waals surface area contributed by atoms with Crippen LogP contribution in [0.3, 0.4) is 0 Å². The second-order valence-electron chi connectivity index (χ2n) is 6.23. The van der Waals surface area contributed by atoms with Crippen LogP contribution in [0.5, 0.6) is 11.5 Å². The highest BCUT2D eigenvalue weighted by Crippen LogP contribution is 2.16. The fraction of sp³-hybridized carbons (Fsp3) is 0.227. The molecule has 0 unspecified atom stereocenters. The summed E-state index contributed by atoms with van der Waals surface area (Å²) >= 11 is 0. The van der Waals surface area contributed by atoms with Gasteiger partial charge in [0, 0.05) is 12.2 Å². The van der Waals surface area contributed by atoms with Crippen LogP contribution in [0.25, 0.3) is 0 Å². The zero-order valence-corrected chi connectivity index (χ0v) is 16.5. The van der Waals surface area contributed by atoms with Crippen molar-refractivity contribution in [2.75, 3.05) is 30.9 Å². The number of rotatable bonds is 9. The molecule has 7 nitrogen and oxygen atoms in total. The number of nitrogens with zero attached hydrogens (tertiary/aromatic N) is 2. The van der Waals surface area contributed by atoms with Crippen LogP contribution in [-0.4, -0.2) is 36.1 Å². The first-order chi connectivity index (χ1) is 14.2. The molecule has 0 aliphatic rings. The van der Waals surface area contributed by atoms with Crippen LogP contribution in [-0.2, 0) is 6.42 Å². The van der Waals surface area contributed by atoms with Crippen molar-refractivity contribution in [2.24, 2.45) is 0 Å². The molecule has 7 heteroatoms. The van der Waals surface area contributed by atoms with Gasteiger partial charge in [0.25, 0.3) is 5.91 Å². The maximum absolute atomic E-state index is 12.3. The van der Waals surface area contributed by atoms with Gasteiger partial charge in [-0.05, 0) is 55.3 Å². The molecule has 150 valence electrons. The van der Waals surface area contributed by atoms with Gasteiger partial charge in [-0.15, -0.1) is 0 Å². The molecule has 0 saturated heterocycles. The summed E-state index contributed by atoms with van der Waals surface area (Å²) in [5, 5.41) is 6.00. The standard InChI is InChI=1S/C22H24N4O3/c1-3-29-18-9-7-17(8-10-18)26-22(27)20-14-25-21(15-24-20)23-12-11-16-5-4-6-19(13-16)28-2/h4-10,13-15H,3,11-12H2,1-2H3,(H,23,25)(H,26,27). The molecule has 0 atom stereocenters. The highest BCUT2D eigenvalue weighted by Gasteiger charge is 2.09. The summed E-state index contributed by atoms with van der Waals surface area (Å²) in [7, 11) is 1.65. The number of hydrogen-bond donors (Lipinski definition) is 2. The topological polar surface area (TPSA) is 85.4 Å². The van der Waals surface area contributed by atoms with Gasteiger partial charge in [-0.3, -0.25) is 4.79 Å². The molecule has 0 fully saturated rings. The van der Waals surface area contributed by atoms with Crippen molar-refractivity contribution < 1.29 is 14.3 Å². The lowest BCUT2D eigenvalue weighted by Crippen LogP contribution is -2.15. The van der Waals surface area contributed by atoms with E-state index < -0.39 is 0 Å². The molecule has 3 aromatic rings. The fourth-order valence-corrected chi connectivity index (χ4v) is 2.70. The first-order valence-corrected chi connectivity index (χ1v) is 9.41. The lowest BCUT2D eigenvalue weighted by atomic mass is 10.1. The predicted molar refractivity (Wildman–Crippen MR) is 113 cm³/mol. The van der Waals surface area contributed by atoms with E-state index in [1.54, 1.807) is 37.6 Å². The number of methoxy groups -OCH3 is 1. The molecule has 2 aromatic carbocycles. The zero-order valence-electron chi connectivity index (χ0n) is 16.5. The molecule has 2 N–H and O–H groups in total. The first-order valence-electron chi connectivity index (χ1n) is 9.41. The molecule has 29 heavy (non-hydrogen) atoms. The molecule has 0 aliphatic carbocycles. The fourth-order valence-electron chi connectivity index (χ4n) is 2.70. The zero-order chi connectivity index (χ0) is 20.5. The Hall–Kier alpha value is -3.61. The van der Waals surface area contributed by atoms with Crippen LogP contribution in [0, 0.1) is 0 Å². The van der Waals surface area contributed by atoms with Gasteiger partial charge in [0.2, 0.25) is 0 Å². The van der Waals surface area contributed by atoms with Gasteiger partial charge < -0.3 is 20.1 Å². The summed E-state index contributed by atoms with van der Waals surface area (Å²) in [5.74, 6) is 1.90. The molecule has 1 amide bonds. The molecule has 0 saturated carbocycles. The smallest absolute Gasteiger partial charge is 0.275 e. The largest absolute Gasteiger partial charge is 0.497 e. The number of amides is 1. The molecule has 0 radical (unpaired) electrons. The Morgan fingerprint density at radius 3 is 2.55 bits per heavy atom. The predicted octanol–water partition coefficient (Wildman–Crippen LogP) is 3.79. The van der Waals surface area contributed by atoms with E-state index in [1.165, 1.54) is 6.20 Å². The first kappa shape index (κ1) is 20.1. The van der Waals surface area contributed by atoms with E-state index >= 15 is 0 Å². The Morgan fingerprint density at radius 2 is 1.86 bits per heavy atom. The van der Waals surface area contributed by atoms with Gasteiger partial charge in [0.05, 0.1) is 26.1 Å². The molecule has 1 heterocycles. The van der Waals surface area contributed by atoms with Gasteiger partial charge in [-0.25, -0.2) is 9.97 Å². The van der Waals surface area contributed by atoms with E-state index in [2.05, 4.69) is 20.6 Å². The Bertz CT molecular complexity index is 928. The minimum absolute atomic E-state index is 0.247. The van der Waals surface area contributed by atoms with Crippen molar-refractivity contribution in [3.8, 4) is 11.5 Å². The van der Waals surface area contributed by atoms with E-state index in [0.717, 1.165) is 23.5 Å². The second-order valence-corrected chi connectivity index (χ2v) is 6.23. The quantitative estimate of drug-likeness (QED) is 0.576. The van der Waals surface area contributed by atoms with Crippen LogP contribution in [0.1, 0.15) is 23.0 Å². The van der Waals surface area contributed by atoms with E-state index in [9.17, 15) is 4.79 Å². The highest BCUT2D eigenvalue weighted by molar-refractivity contribution is 6.02. The lowest BCUT2D eigenvalue weighted by Gasteiger charge is -2.08. The summed E-state index contributed by atoms with van der Waals surface area (Å²) in [6.45, 7) is 3.21. The van der Waals surface area contributed by atoms with Crippen molar-refractivity contribution in [3.63, 3.8) is 0 Å². The lowest BCUT2D eigenvalue weighted by molar-refractivity contribution is 0.102. The maximum atomic E-state index is 12.3. The van der Waals surface area contributed by atoms with Gasteiger partial charge in [0.1, 0.15) is 23.0 Å². The summed E-state index contributed by atoms with van der Waals surface area (Å²) in [6.07, 6.45) is 3.83. The number of aromatic nitrogens is 2. The monoisotopic (exact) mass is 392 g/mol. The van der Waals surface area contributed by atoms with Crippen LogP contribution < -0.4 is 20.1 Å². The third kappa shape index (κ3) is 5.93. The molecule has 0 spiro atoms. The number of ether oxygens (including phenoxy) is 2. The Morgan fingerprint density at radius 1 is 1.03 bits per heavy atom. The summed E-state index contributed by atoms with van der Waals surface area (Å²) in [4.78, 5) is 20.8. The van der Waals surface area contributed by atoms with Crippen molar-refractivity contribution >= 4 is 17.4 Å². The molecule has 3 rings (SSSR count). The number of carbonyl (C=O) groups is 1. The van der Waals surface area contributed by atoms with E-state index in [0.29, 0.717) is 24.7 Å². The maximum Gasteiger partial charge on any atom is 0.275 e. The highest BCUT2D eigenvalue weighted by atomic mass is 16.5. The van der Waals surface area contributed by atoms with Crippen LogP contribution >= 0.6 is 0 Å². The molecule has 1 aromatic heterocycles. The van der Waals surface area contributed by atoms with Gasteiger partial charge >= 0.3 is 0 Å². The number of benzene rings is 2.